The molecule has 1 aliphatic rings. The van der Waals surface area contributed by atoms with Gasteiger partial charge in [-0.05, 0) is 86.9 Å². The number of esters is 1. The molecule has 1 radical (unpaired) electrons. The Labute approximate surface area is 222 Å². The molecule has 5 heteroatoms. The van der Waals surface area contributed by atoms with Gasteiger partial charge in [-0.3, -0.25) is 0 Å². The van der Waals surface area contributed by atoms with Gasteiger partial charge in [-0.15, -0.1) is 0 Å². The molecule has 2 aromatic rings. The molecule has 0 aliphatic heterocycles. The fourth-order valence-corrected chi connectivity index (χ4v) is 4.66. The number of carbonyl (C=O) groups excluding carboxylic acids is 1. The Kier molecular flexibility index (Phi) is 13.4. The second kappa shape index (κ2) is 17.0. The van der Waals surface area contributed by atoms with Crippen LogP contribution < -0.4 is 14.2 Å². The molecule has 0 unspecified atom stereocenters. The average Bonchev–Trinajstić information content (AvgIpc) is 2.92. The number of hydrogen-bond acceptors (Lipinski definition) is 4. The minimum Gasteiger partial charge on any atom is -0.493 e. The summed E-state index contributed by atoms with van der Waals surface area (Å²) in [6, 6.07) is 11.2. The number of hydrogen-bond donors (Lipinski definition) is 0. The first kappa shape index (κ1) is 29.0. The molecule has 0 N–H and O–H groups in total. The third-order valence-corrected chi connectivity index (χ3v) is 7.00. The molecule has 0 spiro atoms. The highest BCUT2D eigenvalue weighted by atomic mass is 19.1. The maximum absolute atomic E-state index is 14.5. The van der Waals surface area contributed by atoms with Crippen LogP contribution in [0.1, 0.15) is 107 Å². The molecular formula is C32H44FO4. The average molecular weight is 512 g/mol. The zero-order valence-electron chi connectivity index (χ0n) is 22.5. The standard InChI is InChI=1S/C32H44FO4/c1-2-3-4-5-6-7-8-9-10-14-23-35-31-22-17-27(24-30(31)33)32(34)37-29-20-18-28(19-21-29)36-25-26-15-12-11-13-16-26/h11,17-22,24,26H,2-10,12-16,23,25H2,1H3. The lowest BCUT2D eigenvalue weighted by molar-refractivity contribution is 0.0734. The molecule has 1 aliphatic carbocycles. The second-order valence-corrected chi connectivity index (χ2v) is 10.2. The molecule has 0 bridgehead atoms. The summed E-state index contributed by atoms with van der Waals surface area (Å²) in [5.74, 6) is 0.762. The number of ether oxygens (including phenoxy) is 3. The SMILES string of the molecule is CCCCCCCCCCCCOc1ccc(C(=O)Oc2ccc(OCC3CC[CH]CC3)cc2)cc1F. The highest BCUT2D eigenvalue weighted by Crippen LogP contribution is 2.25. The quantitative estimate of drug-likeness (QED) is 0.121. The van der Waals surface area contributed by atoms with Crippen LogP contribution in [0.25, 0.3) is 0 Å². The Morgan fingerprint density at radius 3 is 2.08 bits per heavy atom. The number of carbonyl (C=O) groups is 1. The molecule has 0 aromatic heterocycles. The van der Waals surface area contributed by atoms with E-state index in [1.54, 1.807) is 30.3 Å². The highest BCUT2D eigenvalue weighted by molar-refractivity contribution is 5.91. The molecule has 0 amide bonds. The van der Waals surface area contributed by atoms with Gasteiger partial charge in [-0.2, -0.15) is 0 Å². The van der Waals surface area contributed by atoms with E-state index in [0.29, 0.717) is 24.9 Å². The second-order valence-electron chi connectivity index (χ2n) is 10.2. The summed E-state index contributed by atoms with van der Waals surface area (Å²) < 4.78 is 31.4. The number of unbranched alkanes of at least 4 members (excludes halogenated alkanes) is 9. The third kappa shape index (κ3) is 11.2. The van der Waals surface area contributed by atoms with Gasteiger partial charge >= 0.3 is 5.97 Å². The highest BCUT2D eigenvalue weighted by Gasteiger charge is 2.15. The lowest BCUT2D eigenvalue weighted by Crippen LogP contribution is -2.15. The summed E-state index contributed by atoms with van der Waals surface area (Å²) in [6.45, 7) is 3.43. The van der Waals surface area contributed by atoms with E-state index in [1.165, 1.54) is 76.3 Å². The molecule has 3 rings (SSSR count). The Balaban J connectivity index is 1.32. The van der Waals surface area contributed by atoms with Crippen LogP contribution in [0.3, 0.4) is 0 Å². The van der Waals surface area contributed by atoms with E-state index in [-0.39, 0.29) is 11.3 Å². The zero-order valence-corrected chi connectivity index (χ0v) is 22.5. The lowest BCUT2D eigenvalue weighted by atomic mass is 9.90. The first-order valence-electron chi connectivity index (χ1n) is 14.3. The molecular weight excluding hydrogens is 467 g/mol. The van der Waals surface area contributed by atoms with E-state index in [1.807, 2.05) is 0 Å². The largest absolute Gasteiger partial charge is 0.493 e. The van der Waals surface area contributed by atoms with Crippen molar-refractivity contribution in [2.75, 3.05) is 13.2 Å². The van der Waals surface area contributed by atoms with Gasteiger partial charge in [0.25, 0.3) is 0 Å². The first-order valence-corrected chi connectivity index (χ1v) is 14.3. The predicted molar refractivity (Wildman–Crippen MR) is 147 cm³/mol. The summed E-state index contributed by atoms with van der Waals surface area (Å²) in [7, 11) is 0. The monoisotopic (exact) mass is 511 g/mol. The smallest absolute Gasteiger partial charge is 0.343 e. The van der Waals surface area contributed by atoms with E-state index < -0.39 is 11.8 Å². The van der Waals surface area contributed by atoms with Crippen molar-refractivity contribution in [1.82, 2.24) is 0 Å². The molecule has 4 nitrogen and oxygen atoms in total. The van der Waals surface area contributed by atoms with Crippen molar-refractivity contribution in [3.8, 4) is 17.2 Å². The van der Waals surface area contributed by atoms with Crippen LogP contribution in [-0.4, -0.2) is 19.2 Å². The van der Waals surface area contributed by atoms with Gasteiger partial charge in [0.1, 0.15) is 11.5 Å². The van der Waals surface area contributed by atoms with Crippen molar-refractivity contribution in [3.05, 3.63) is 60.3 Å². The van der Waals surface area contributed by atoms with Crippen LogP contribution in [0.5, 0.6) is 17.2 Å². The molecule has 203 valence electrons. The minimum atomic E-state index is -0.604. The van der Waals surface area contributed by atoms with Crippen molar-refractivity contribution >= 4 is 5.97 Å². The normalized spacial score (nSPS) is 13.9. The van der Waals surface area contributed by atoms with Gasteiger partial charge in [0.15, 0.2) is 11.6 Å². The summed E-state index contributed by atoms with van der Waals surface area (Å²) in [5, 5.41) is 0. The molecule has 1 fully saturated rings. The summed E-state index contributed by atoms with van der Waals surface area (Å²) in [5.41, 5.74) is 0.151. The molecule has 0 atom stereocenters. The lowest BCUT2D eigenvalue weighted by Gasteiger charge is -2.21. The van der Waals surface area contributed by atoms with Gasteiger partial charge in [0.05, 0.1) is 18.8 Å². The van der Waals surface area contributed by atoms with Crippen molar-refractivity contribution < 1.29 is 23.4 Å². The fourth-order valence-electron chi connectivity index (χ4n) is 4.66. The number of rotatable bonds is 17. The topological polar surface area (TPSA) is 44.8 Å². The van der Waals surface area contributed by atoms with E-state index in [9.17, 15) is 9.18 Å². The van der Waals surface area contributed by atoms with Gasteiger partial charge in [0.2, 0.25) is 0 Å². The summed E-state index contributed by atoms with van der Waals surface area (Å²) in [6.07, 6.45) is 19.4. The van der Waals surface area contributed by atoms with Gasteiger partial charge in [0, 0.05) is 0 Å². The third-order valence-electron chi connectivity index (χ3n) is 7.00. The Bertz CT molecular complexity index is 906. The summed E-state index contributed by atoms with van der Waals surface area (Å²) in [4.78, 5) is 12.5. The molecule has 0 heterocycles. The van der Waals surface area contributed by atoms with E-state index in [4.69, 9.17) is 14.2 Å². The van der Waals surface area contributed by atoms with Crippen molar-refractivity contribution in [1.29, 1.82) is 0 Å². The zero-order chi connectivity index (χ0) is 26.1. The van der Waals surface area contributed by atoms with E-state index >= 15 is 0 Å². The number of halogens is 1. The van der Waals surface area contributed by atoms with Gasteiger partial charge in [-0.25, -0.2) is 9.18 Å². The maximum Gasteiger partial charge on any atom is 0.343 e. The molecule has 1 saturated carbocycles. The molecule has 0 saturated heterocycles. The van der Waals surface area contributed by atoms with Crippen molar-refractivity contribution in [2.45, 2.75) is 96.8 Å². The minimum absolute atomic E-state index is 0.151. The Morgan fingerprint density at radius 1 is 0.811 bits per heavy atom. The van der Waals surface area contributed by atoms with Crippen molar-refractivity contribution in [3.63, 3.8) is 0 Å². The Morgan fingerprint density at radius 2 is 1.43 bits per heavy atom. The van der Waals surface area contributed by atoms with E-state index in [0.717, 1.165) is 31.4 Å². The van der Waals surface area contributed by atoms with Crippen LogP contribution >= 0.6 is 0 Å². The van der Waals surface area contributed by atoms with Gasteiger partial charge < -0.3 is 14.2 Å². The molecule has 2 aromatic carbocycles. The van der Waals surface area contributed by atoms with Gasteiger partial charge in [-0.1, -0.05) is 64.7 Å². The number of benzene rings is 2. The summed E-state index contributed by atoms with van der Waals surface area (Å²) >= 11 is 0. The Hall–Kier alpha value is -2.56. The fraction of sp³-hybridized carbons (Fsp3) is 0.562. The predicted octanol–water partition coefficient (Wildman–Crippen LogP) is 9.12. The van der Waals surface area contributed by atoms with Crippen LogP contribution in [-0.2, 0) is 0 Å². The molecule has 37 heavy (non-hydrogen) atoms. The van der Waals surface area contributed by atoms with E-state index in [2.05, 4.69) is 13.3 Å². The maximum atomic E-state index is 14.5. The van der Waals surface area contributed by atoms with Crippen LogP contribution in [0.2, 0.25) is 0 Å². The van der Waals surface area contributed by atoms with Crippen LogP contribution in [0.15, 0.2) is 42.5 Å². The van der Waals surface area contributed by atoms with Crippen LogP contribution in [0, 0.1) is 18.2 Å². The van der Waals surface area contributed by atoms with Crippen LogP contribution in [0.4, 0.5) is 4.39 Å². The van der Waals surface area contributed by atoms with Crippen molar-refractivity contribution in [2.24, 2.45) is 5.92 Å². The first-order chi connectivity index (χ1) is 18.2.